The highest BCUT2D eigenvalue weighted by atomic mass is 16.7. The highest BCUT2D eigenvalue weighted by Crippen LogP contribution is 2.08. The summed E-state index contributed by atoms with van der Waals surface area (Å²) in [4.78, 5) is 16.7. The minimum atomic E-state index is -1.19. The summed E-state index contributed by atoms with van der Waals surface area (Å²) in [5.41, 5.74) is 0.545. The molecule has 0 radical (unpaired) electrons. The van der Waals surface area contributed by atoms with Gasteiger partial charge in [-0.2, -0.15) is 0 Å². The van der Waals surface area contributed by atoms with Gasteiger partial charge in [-0.15, -0.1) is 0 Å². The molecule has 0 aliphatic rings. The predicted molar refractivity (Wildman–Crippen MR) is 68.1 cm³/mol. The van der Waals surface area contributed by atoms with Crippen LogP contribution in [-0.2, 0) is 9.63 Å². The van der Waals surface area contributed by atoms with Crippen molar-refractivity contribution in [2.75, 3.05) is 13.7 Å². The van der Waals surface area contributed by atoms with Crippen LogP contribution >= 0.6 is 0 Å². The lowest BCUT2D eigenvalue weighted by Gasteiger charge is -2.21. The zero-order valence-corrected chi connectivity index (χ0v) is 10.9. The third-order valence-corrected chi connectivity index (χ3v) is 2.23. The largest absolute Gasteiger partial charge is 0.378 e. The molecule has 0 aromatic heterocycles. The Morgan fingerprint density at radius 3 is 2.47 bits per heavy atom. The molecule has 0 saturated carbocycles. The monoisotopic (exact) mass is 239 g/mol. The quantitative estimate of drug-likeness (QED) is 0.568. The first kappa shape index (κ1) is 15.6. The molecule has 0 fully saturated rings. The number of allylic oxidation sites excluding steroid dienone is 4. The molecule has 96 valence electrons. The van der Waals surface area contributed by atoms with Crippen molar-refractivity contribution in [2.24, 2.45) is 0 Å². The molecule has 4 nitrogen and oxygen atoms in total. The normalized spacial score (nSPS) is 14.5. The van der Waals surface area contributed by atoms with Gasteiger partial charge in [0.1, 0.15) is 0 Å². The Balaban J connectivity index is 4.76. The third kappa shape index (κ3) is 4.97. The minimum Gasteiger partial charge on any atom is -0.378 e. The summed E-state index contributed by atoms with van der Waals surface area (Å²) < 4.78 is 0. The zero-order chi connectivity index (χ0) is 13.3. The van der Waals surface area contributed by atoms with Crippen LogP contribution in [0.3, 0.4) is 0 Å². The summed E-state index contributed by atoms with van der Waals surface area (Å²) >= 11 is 0. The molecule has 0 rings (SSSR count). The third-order valence-electron chi connectivity index (χ3n) is 2.23. The maximum atomic E-state index is 11.8. The molecule has 17 heavy (non-hydrogen) atoms. The van der Waals surface area contributed by atoms with E-state index in [0.717, 1.165) is 5.06 Å². The van der Waals surface area contributed by atoms with Gasteiger partial charge in [0.05, 0.1) is 7.11 Å². The Kier molecular flexibility index (Phi) is 8.01. The van der Waals surface area contributed by atoms with E-state index in [4.69, 9.17) is 4.84 Å². The molecular weight excluding hydrogens is 218 g/mol. The molecule has 1 N–H and O–H groups in total. The number of aliphatic hydroxyl groups is 1. The number of hydroxylamine groups is 2. The van der Waals surface area contributed by atoms with Gasteiger partial charge in [0, 0.05) is 6.54 Å². The first-order valence-corrected chi connectivity index (χ1v) is 5.61. The molecule has 4 heteroatoms. The van der Waals surface area contributed by atoms with Crippen molar-refractivity contribution in [2.45, 2.75) is 26.9 Å². The maximum absolute atomic E-state index is 11.8. The average Bonchev–Trinajstić information content (AvgIpc) is 2.35. The predicted octanol–water partition coefficient (Wildman–Crippen LogP) is 1.84. The van der Waals surface area contributed by atoms with Gasteiger partial charge < -0.3 is 5.11 Å². The van der Waals surface area contributed by atoms with Gasteiger partial charge >= 0.3 is 0 Å². The average molecular weight is 239 g/mol. The SMILES string of the molecule is C\C=C/C=C\C(=C/C)C(O)C(=O)N(CC)OC. The van der Waals surface area contributed by atoms with Gasteiger partial charge in [-0.05, 0) is 26.3 Å². The van der Waals surface area contributed by atoms with Gasteiger partial charge in [-0.25, -0.2) is 5.06 Å². The molecule has 0 aromatic carbocycles. The van der Waals surface area contributed by atoms with E-state index in [1.165, 1.54) is 7.11 Å². The second-order valence-corrected chi connectivity index (χ2v) is 3.29. The molecular formula is C13H21NO3. The molecule has 0 saturated heterocycles. The van der Waals surface area contributed by atoms with Gasteiger partial charge in [0.25, 0.3) is 5.91 Å². The molecule has 1 atom stereocenters. The number of likely N-dealkylation sites (N-methyl/N-ethyl adjacent to an activating group) is 1. The Bertz CT molecular complexity index is 315. The Morgan fingerprint density at radius 2 is 2.06 bits per heavy atom. The minimum absolute atomic E-state index is 0.391. The van der Waals surface area contributed by atoms with Crippen LogP contribution in [0.1, 0.15) is 20.8 Å². The van der Waals surface area contributed by atoms with Gasteiger partial charge in [-0.1, -0.05) is 30.4 Å². The van der Waals surface area contributed by atoms with Gasteiger partial charge in [0.15, 0.2) is 6.10 Å². The summed E-state index contributed by atoms with van der Waals surface area (Å²) in [6, 6.07) is 0. The van der Waals surface area contributed by atoms with Gasteiger partial charge in [-0.3, -0.25) is 9.63 Å². The number of aliphatic hydroxyl groups excluding tert-OH is 1. The number of carbonyl (C=O) groups excluding carboxylic acids is 1. The van der Waals surface area contributed by atoms with Gasteiger partial charge in [0.2, 0.25) is 0 Å². The van der Waals surface area contributed by atoms with Crippen molar-refractivity contribution in [3.63, 3.8) is 0 Å². The molecule has 0 aliphatic heterocycles. The standard InChI is InChI=1S/C13H21NO3/c1-5-8-9-10-11(6-2)12(15)13(16)14(7-3)17-4/h5-6,8-10,12,15H,7H2,1-4H3/b8-5-,10-9-,11-6+. The molecule has 1 unspecified atom stereocenters. The molecule has 0 heterocycles. The van der Waals surface area contributed by atoms with Crippen molar-refractivity contribution < 1.29 is 14.7 Å². The molecule has 1 amide bonds. The highest BCUT2D eigenvalue weighted by Gasteiger charge is 2.23. The van der Waals surface area contributed by atoms with Crippen LogP contribution in [0, 0.1) is 0 Å². The van der Waals surface area contributed by atoms with Crippen LogP contribution < -0.4 is 0 Å². The number of rotatable bonds is 6. The molecule has 0 bridgehead atoms. The summed E-state index contributed by atoms with van der Waals surface area (Å²) in [5.74, 6) is -0.465. The van der Waals surface area contributed by atoms with E-state index in [2.05, 4.69) is 0 Å². The van der Waals surface area contributed by atoms with Crippen LogP contribution in [0.2, 0.25) is 0 Å². The van der Waals surface area contributed by atoms with E-state index in [1.54, 1.807) is 32.1 Å². The topological polar surface area (TPSA) is 49.8 Å². The van der Waals surface area contributed by atoms with Crippen molar-refractivity contribution in [1.29, 1.82) is 0 Å². The lowest BCUT2D eigenvalue weighted by atomic mass is 10.1. The van der Waals surface area contributed by atoms with Crippen LogP contribution in [0.5, 0.6) is 0 Å². The van der Waals surface area contributed by atoms with Crippen molar-refractivity contribution in [1.82, 2.24) is 5.06 Å². The Labute approximate surface area is 103 Å². The lowest BCUT2D eigenvalue weighted by Crippen LogP contribution is -2.39. The van der Waals surface area contributed by atoms with E-state index < -0.39 is 12.0 Å². The molecule has 0 aromatic rings. The second kappa shape index (κ2) is 8.73. The zero-order valence-electron chi connectivity index (χ0n) is 10.9. The van der Waals surface area contributed by atoms with Crippen LogP contribution in [0.25, 0.3) is 0 Å². The first-order chi connectivity index (χ1) is 8.12. The molecule has 0 aliphatic carbocycles. The van der Waals surface area contributed by atoms with Crippen molar-refractivity contribution in [3.05, 3.63) is 36.0 Å². The fourth-order valence-electron chi connectivity index (χ4n) is 1.28. The van der Waals surface area contributed by atoms with E-state index >= 15 is 0 Å². The van der Waals surface area contributed by atoms with E-state index in [9.17, 15) is 9.90 Å². The number of nitrogens with zero attached hydrogens (tertiary/aromatic N) is 1. The summed E-state index contributed by atoms with van der Waals surface area (Å²) in [6.07, 6.45) is 7.68. The van der Waals surface area contributed by atoms with E-state index in [-0.39, 0.29) is 0 Å². The van der Waals surface area contributed by atoms with Crippen LogP contribution in [-0.4, -0.2) is 35.8 Å². The maximum Gasteiger partial charge on any atom is 0.279 e. The fourth-order valence-corrected chi connectivity index (χ4v) is 1.28. The molecule has 0 spiro atoms. The smallest absolute Gasteiger partial charge is 0.279 e. The number of hydrogen-bond donors (Lipinski definition) is 1. The highest BCUT2D eigenvalue weighted by molar-refractivity contribution is 5.83. The summed E-state index contributed by atoms with van der Waals surface area (Å²) in [5, 5.41) is 11.0. The van der Waals surface area contributed by atoms with Crippen LogP contribution in [0.15, 0.2) is 36.0 Å². The van der Waals surface area contributed by atoms with Crippen LogP contribution in [0.4, 0.5) is 0 Å². The van der Waals surface area contributed by atoms with Crippen molar-refractivity contribution >= 4 is 5.91 Å². The number of amides is 1. The second-order valence-electron chi connectivity index (χ2n) is 3.29. The Morgan fingerprint density at radius 1 is 1.41 bits per heavy atom. The summed E-state index contributed by atoms with van der Waals surface area (Å²) in [7, 11) is 1.40. The lowest BCUT2D eigenvalue weighted by molar-refractivity contribution is -0.181. The fraction of sp³-hybridized carbons (Fsp3) is 0.462. The van der Waals surface area contributed by atoms with Crippen molar-refractivity contribution in [3.8, 4) is 0 Å². The number of hydrogen-bond acceptors (Lipinski definition) is 3. The number of carbonyl (C=O) groups is 1. The summed E-state index contributed by atoms with van der Waals surface area (Å²) in [6.45, 7) is 5.83. The first-order valence-electron chi connectivity index (χ1n) is 5.61. The van der Waals surface area contributed by atoms with E-state index in [0.29, 0.717) is 12.1 Å². The van der Waals surface area contributed by atoms with E-state index in [1.807, 2.05) is 19.1 Å². The Hall–Kier alpha value is -1.39.